The van der Waals surface area contributed by atoms with E-state index in [1.54, 1.807) is 35.8 Å². The van der Waals surface area contributed by atoms with E-state index in [1.165, 1.54) is 12.1 Å². The molecule has 7 nitrogen and oxygen atoms in total. The van der Waals surface area contributed by atoms with Gasteiger partial charge in [-0.2, -0.15) is 5.10 Å². The Hall–Kier alpha value is -2.70. The normalized spacial score (nSPS) is 10.4. The van der Waals surface area contributed by atoms with Gasteiger partial charge in [0.1, 0.15) is 0 Å². The van der Waals surface area contributed by atoms with Gasteiger partial charge in [0.05, 0.1) is 17.2 Å². The van der Waals surface area contributed by atoms with E-state index in [9.17, 15) is 14.9 Å². The van der Waals surface area contributed by atoms with Crippen molar-refractivity contribution in [2.45, 2.75) is 13.5 Å². The second-order valence-corrected chi connectivity index (χ2v) is 4.87. The third-order valence-electron chi connectivity index (χ3n) is 3.31. The molecular weight excluding hydrogens is 272 g/mol. The van der Waals surface area contributed by atoms with Gasteiger partial charge >= 0.3 is 0 Å². The maximum absolute atomic E-state index is 12.3. The van der Waals surface area contributed by atoms with Crippen molar-refractivity contribution in [3.63, 3.8) is 0 Å². The zero-order valence-corrected chi connectivity index (χ0v) is 12.1. The van der Waals surface area contributed by atoms with Crippen LogP contribution in [-0.2, 0) is 13.6 Å². The molecule has 0 atom stereocenters. The van der Waals surface area contributed by atoms with Crippen LogP contribution in [0.2, 0.25) is 0 Å². The first-order valence-corrected chi connectivity index (χ1v) is 6.37. The third-order valence-corrected chi connectivity index (χ3v) is 3.31. The van der Waals surface area contributed by atoms with Crippen LogP contribution in [-0.4, -0.2) is 32.6 Å². The summed E-state index contributed by atoms with van der Waals surface area (Å²) in [6.07, 6.45) is 1.67. The number of nitro benzene ring substituents is 1. The van der Waals surface area contributed by atoms with Crippen LogP contribution < -0.4 is 0 Å². The quantitative estimate of drug-likeness (QED) is 0.635. The van der Waals surface area contributed by atoms with E-state index < -0.39 is 4.92 Å². The Morgan fingerprint density at radius 1 is 1.43 bits per heavy atom. The Balaban J connectivity index is 2.18. The van der Waals surface area contributed by atoms with Crippen molar-refractivity contribution in [2.75, 3.05) is 7.05 Å². The first kappa shape index (κ1) is 14.7. The number of aryl methyl sites for hydroxylation is 2. The summed E-state index contributed by atoms with van der Waals surface area (Å²) in [5, 5.41) is 14.8. The van der Waals surface area contributed by atoms with Gasteiger partial charge in [-0.1, -0.05) is 0 Å². The Morgan fingerprint density at radius 2 is 2.14 bits per heavy atom. The van der Waals surface area contributed by atoms with Crippen LogP contribution in [0.3, 0.4) is 0 Å². The minimum atomic E-state index is -0.455. The second-order valence-electron chi connectivity index (χ2n) is 4.87. The van der Waals surface area contributed by atoms with Crippen molar-refractivity contribution in [3.8, 4) is 0 Å². The molecular formula is C14H16N4O3. The molecule has 21 heavy (non-hydrogen) atoms. The highest BCUT2D eigenvalue weighted by atomic mass is 16.6. The molecule has 1 amide bonds. The molecule has 1 aromatic carbocycles. The number of hydrogen-bond acceptors (Lipinski definition) is 4. The lowest BCUT2D eigenvalue weighted by molar-refractivity contribution is -0.385. The van der Waals surface area contributed by atoms with Crippen molar-refractivity contribution in [2.24, 2.45) is 7.05 Å². The number of aromatic nitrogens is 2. The van der Waals surface area contributed by atoms with Crippen molar-refractivity contribution in [1.82, 2.24) is 14.7 Å². The largest absolute Gasteiger partial charge is 0.336 e. The monoisotopic (exact) mass is 288 g/mol. The van der Waals surface area contributed by atoms with Gasteiger partial charge in [-0.3, -0.25) is 19.6 Å². The third kappa shape index (κ3) is 3.07. The molecule has 110 valence electrons. The first-order chi connectivity index (χ1) is 9.90. The van der Waals surface area contributed by atoms with Gasteiger partial charge in [0.25, 0.3) is 11.6 Å². The van der Waals surface area contributed by atoms with Gasteiger partial charge in [-0.15, -0.1) is 0 Å². The summed E-state index contributed by atoms with van der Waals surface area (Å²) in [7, 11) is 3.50. The van der Waals surface area contributed by atoms with Crippen LogP contribution in [0.25, 0.3) is 0 Å². The number of rotatable bonds is 4. The molecule has 0 radical (unpaired) electrons. The number of amides is 1. The van der Waals surface area contributed by atoms with Gasteiger partial charge in [0.15, 0.2) is 0 Å². The number of nitro groups is 1. The molecule has 2 aromatic rings. The van der Waals surface area contributed by atoms with Gasteiger partial charge in [0.2, 0.25) is 0 Å². The standard InChI is InChI=1S/C14H16N4O3/c1-10-8-11(4-5-13(10)18(20)21)14(19)16(2)9-12-6-7-15-17(12)3/h4-8H,9H2,1-3H3. The molecule has 0 spiro atoms. The Kier molecular flexibility index (Phi) is 4.02. The van der Waals surface area contributed by atoms with Crippen LogP contribution in [0.5, 0.6) is 0 Å². The Morgan fingerprint density at radius 3 is 2.67 bits per heavy atom. The molecule has 7 heteroatoms. The SMILES string of the molecule is Cc1cc(C(=O)N(C)Cc2ccnn2C)ccc1[N+](=O)[O-]. The predicted octanol–water partition coefficient (Wildman–Crippen LogP) is 1.91. The van der Waals surface area contributed by atoms with E-state index in [4.69, 9.17) is 0 Å². The van der Waals surface area contributed by atoms with E-state index in [1.807, 2.05) is 13.1 Å². The molecule has 1 aromatic heterocycles. The number of hydrogen-bond donors (Lipinski definition) is 0. The number of carbonyl (C=O) groups is 1. The highest BCUT2D eigenvalue weighted by molar-refractivity contribution is 5.94. The first-order valence-electron chi connectivity index (χ1n) is 6.37. The summed E-state index contributed by atoms with van der Waals surface area (Å²) in [4.78, 5) is 24.2. The predicted molar refractivity (Wildman–Crippen MR) is 76.8 cm³/mol. The van der Waals surface area contributed by atoms with Gasteiger partial charge < -0.3 is 4.90 Å². The molecule has 0 N–H and O–H groups in total. The molecule has 0 fully saturated rings. The van der Waals surface area contributed by atoms with Gasteiger partial charge in [0, 0.05) is 37.5 Å². The number of nitrogens with zero attached hydrogens (tertiary/aromatic N) is 4. The lowest BCUT2D eigenvalue weighted by Crippen LogP contribution is -2.27. The molecule has 0 unspecified atom stereocenters. The van der Waals surface area contributed by atoms with Gasteiger partial charge in [-0.05, 0) is 25.1 Å². The molecule has 0 saturated heterocycles. The number of carbonyl (C=O) groups excluding carboxylic acids is 1. The van der Waals surface area contributed by atoms with Gasteiger partial charge in [-0.25, -0.2) is 0 Å². The molecule has 0 aliphatic rings. The van der Waals surface area contributed by atoms with E-state index in [0.29, 0.717) is 17.7 Å². The number of benzene rings is 1. The van der Waals surface area contributed by atoms with Crippen LogP contribution >= 0.6 is 0 Å². The minimum absolute atomic E-state index is 0.0147. The highest BCUT2D eigenvalue weighted by Crippen LogP contribution is 2.19. The molecule has 2 rings (SSSR count). The molecule has 0 saturated carbocycles. The summed E-state index contributed by atoms with van der Waals surface area (Å²) < 4.78 is 1.70. The topological polar surface area (TPSA) is 81.3 Å². The van der Waals surface area contributed by atoms with Crippen molar-refractivity contribution in [3.05, 3.63) is 57.4 Å². The summed E-state index contributed by atoms with van der Waals surface area (Å²) in [5.41, 5.74) is 1.83. The van der Waals surface area contributed by atoms with E-state index in [-0.39, 0.29) is 11.6 Å². The summed E-state index contributed by atoms with van der Waals surface area (Å²) in [5.74, 6) is -0.186. The zero-order valence-electron chi connectivity index (χ0n) is 12.1. The highest BCUT2D eigenvalue weighted by Gasteiger charge is 2.17. The Bertz CT molecular complexity index is 693. The van der Waals surface area contributed by atoms with E-state index in [2.05, 4.69) is 5.10 Å². The summed E-state index contributed by atoms with van der Waals surface area (Å²) in [6, 6.07) is 6.22. The van der Waals surface area contributed by atoms with Crippen LogP contribution in [0.4, 0.5) is 5.69 Å². The van der Waals surface area contributed by atoms with Crippen molar-refractivity contribution < 1.29 is 9.72 Å². The fourth-order valence-corrected chi connectivity index (χ4v) is 2.08. The molecule has 1 heterocycles. The molecule has 0 aliphatic heterocycles. The zero-order chi connectivity index (χ0) is 15.6. The smallest absolute Gasteiger partial charge is 0.272 e. The Labute approximate surface area is 121 Å². The van der Waals surface area contributed by atoms with Crippen LogP contribution in [0.15, 0.2) is 30.5 Å². The average molecular weight is 288 g/mol. The minimum Gasteiger partial charge on any atom is -0.336 e. The van der Waals surface area contributed by atoms with Crippen molar-refractivity contribution >= 4 is 11.6 Å². The summed E-state index contributed by atoms with van der Waals surface area (Å²) >= 11 is 0. The van der Waals surface area contributed by atoms with Crippen LogP contribution in [0.1, 0.15) is 21.6 Å². The fraction of sp³-hybridized carbons (Fsp3) is 0.286. The van der Waals surface area contributed by atoms with E-state index in [0.717, 1.165) is 5.69 Å². The summed E-state index contributed by atoms with van der Waals surface area (Å²) in [6.45, 7) is 2.04. The van der Waals surface area contributed by atoms with E-state index >= 15 is 0 Å². The lowest BCUT2D eigenvalue weighted by atomic mass is 10.1. The lowest BCUT2D eigenvalue weighted by Gasteiger charge is -2.17. The van der Waals surface area contributed by atoms with Crippen molar-refractivity contribution in [1.29, 1.82) is 0 Å². The second kappa shape index (κ2) is 5.74. The maximum atomic E-state index is 12.3. The van der Waals surface area contributed by atoms with Crippen LogP contribution in [0, 0.1) is 17.0 Å². The average Bonchev–Trinajstić information content (AvgIpc) is 2.82. The fourth-order valence-electron chi connectivity index (χ4n) is 2.08. The molecule has 0 bridgehead atoms. The molecule has 0 aliphatic carbocycles. The maximum Gasteiger partial charge on any atom is 0.272 e.